The topological polar surface area (TPSA) is 72.2 Å². The number of carbonyl (C=O) groups is 1. The molecule has 0 unspecified atom stereocenters. The molecule has 0 saturated carbocycles. The van der Waals surface area contributed by atoms with Crippen molar-refractivity contribution >= 4 is 28.2 Å². The molecule has 1 N–H and O–H groups in total. The fourth-order valence-corrected chi connectivity index (χ4v) is 3.04. The van der Waals surface area contributed by atoms with E-state index in [-0.39, 0.29) is 11.9 Å². The van der Waals surface area contributed by atoms with Crippen LogP contribution in [0.2, 0.25) is 0 Å². The van der Waals surface area contributed by atoms with Crippen LogP contribution in [0.5, 0.6) is 0 Å². The van der Waals surface area contributed by atoms with E-state index < -0.39 is 0 Å². The second-order valence-electron chi connectivity index (χ2n) is 4.79. The molecule has 4 aromatic rings. The Bertz CT molecular complexity index is 962. The van der Waals surface area contributed by atoms with Crippen molar-refractivity contribution in [3.8, 4) is 11.3 Å². The summed E-state index contributed by atoms with van der Waals surface area (Å²) in [4.78, 5) is 21.2. The van der Waals surface area contributed by atoms with Crippen molar-refractivity contribution < 1.29 is 4.79 Å². The minimum Gasteiger partial charge on any atom is -0.288 e. The predicted octanol–water partition coefficient (Wildman–Crippen LogP) is 3.11. The molecule has 0 bridgehead atoms. The lowest BCUT2D eigenvalue weighted by molar-refractivity contribution is 0.102. The Kier molecular flexibility index (Phi) is 3.32. The van der Waals surface area contributed by atoms with Gasteiger partial charge in [0.2, 0.25) is 4.96 Å². The monoisotopic (exact) mass is 321 g/mol. The van der Waals surface area contributed by atoms with Crippen LogP contribution in [-0.2, 0) is 0 Å². The van der Waals surface area contributed by atoms with Crippen LogP contribution in [0, 0.1) is 0 Å². The summed E-state index contributed by atoms with van der Waals surface area (Å²) < 4.78 is 1.73. The molecule has 1 aromatic carbocycles. The first-order valence-corrected chi connectivity index (χ1v) is 7.81. The maximum Gasteiger partial charge on any atom is 0.276 e. The Morgan fingerprint density at radius 2 is 1.91 bits per heavy atom. The third-order valence-electron chi connectivity index (χ3n) is 3.27. The second kappa shape index (κ2) is 5.62. The summed E-state index contributed by atoms with van der Waals surface area (Å²) in [5.74, 6) is -0.0604. The fourth-order valence-electron chi connectivity index (χ4n) is 2.20. The van der Waals surface area contributed by atoms with E-state index in [4.69, 9.17) is 0 Å². The molecule has 112 valence electrons. The van der Waals surface area contributed by atoms with Gasteiger partial charge in [-0.3, -0.25) is 15.1 Å². The van der Waals surface area contributed by atoms with E-state index >= 15 is 0 Å². The van der Waals surface area contributed by atoms with Gasteiger partial charge in [0.05, 0.1) is 5.69 Å². The molecule has 0 spiro atoms. The molecular weight excluding hydrogens is 310 g/mol. The SMILES string of the molecule is O=C(Nc1nc2scc(-c3ccccc3)n2n1)c1ccccn1. The summed E-state index contributed by atoms with van der Waals surface area (Å²) in [5.41, 5.74) is 2.32. The lowest BCUT2D eigenvalue weighted by atomic mass is 10.2. The molecule has 6 nitrogen and oxygen atoms in total. The molecule has 0 atom stereocenters. The first-order chi connectivity index (χ1) is 11.3. The number of aromatic nitrogens is 4. The Labute approximate surface area is 135 Å². The molecular formula is C16H11N5OS. The standard InChI is InChI=1S/C16H11N5OS/c22-14(12-8-4-5-9-17-12)18-15-19-16-21(20-15)13(10-23-16)11-6-2-1-3-7-11/h1-10H,(H,18,20,22). The van der Waals surface area contributed by atoms with Crippen molar-refractivity contribution in [2.24, 2.45) is 0 Å². The molecule has 7 heteroatoms. The maximum absolute atomic E-state index is 12.1. The third kappa shape index (κ3) is 2.58. The Hall–Kier alpha value is -3.06. The largest absolute Gasteiger partial charge is 0.288 e. The molecule has 0 fully saturated rings. The number of thiazole rings is 1. The smallest absolute Gasteiger partial charge is 0.276 e. The number of pyridine rings is 1. The molecule has 1 amide bonds. The highest BCUT2D eigenvalue weighted by Crippen LogP contribution is 2.25. The van der Waals surface area contributed by atoms with Crippen LogP contribution in [-0.4, -0.2) is 25.5 Å². The zero-order chi connectivity index (χ0) is 15.6. The van der Waals surface area contributed by atoms with Gasteiger partial charge in [0.15, 0.2) is 0 Å². The summed E-state index contributed by atoms with van der Waals surface area (Å²) in [7, 11) is 0. The van der Waals surface area contributed by atoms with E-state index in [1.54, 1.807) is 28.9 Å². The number of rotatable bonds is 3. The van der Waals surface area contributed by atoms with Gasteiger partial charge in [-0.25, -0.2) is 4.52 Å². The van der Waals surface area contributed by atoms with Crippen molar-refractivity contribution in [1.82, 2.24) is 19.6 Å². The van der Waals surface area contributed by atoms with E-state index in [2.05, 4.69) is 20.4 Å². The van der Waals surface area contributed by atoms with Gasteiger partial charge in [-0.05, 0) is 12.1 Å². The maximum atomic E-state index is 12.1. The highest BCUT2D eigenvalue weighted by atomic mass is 32.1. The van der Waals surface area contributed by atoms with Crippen molar-refractivity contribution in [3.63, 3.8) is 0 Å². The number of anilines is 1. The van der Waals surface area contributed by atoms with Crippen LogP contribution in [0.15, 0.2) is 60.1 Å². The van der Waals surface area contributed by atoms with Gasteiger partial charge in [0.1, 0.15) is 5.69 Å². The molecule has 0 aliphatic rings. The van der Waals surface area contributed by atoms with E-state index in [1.165, 1.54) is 11.3 Å². The van der Waals surface area contributed by atoms with Crippen molar-refractivity contribution in [2.75, 3.05) is 5.32 Å². The van der Waals surface area contributed by atoms with Crippen molar-refractivity contribution in [3.05, 3.63) is 65.8 Å². The number of benzene rings is 1. The summed E-state index contributed by atoms with van der Waals surface area (Å²) in [6.07, 6.45) is 1.57. The summed E-state index contributed by atoms with van der Waals surface area (Å²) in [6.45, 7) is 0. The minimum atomic E-state index is -0.329. The molecule has 23 heavy (non-hydrogen) atoms. The molecule has 3 aromatic heterocycles. The lowest BCUT2D eigenvalue weighted by Crippen LogP contribution is -2.14. The highest BCUT2D eigenvalue weighted by molar-refractivity contribution is 7.15. The molecule has 0 aliphatic carbocycles. The minimum absolute atomic E-state index is 0.268. The van der Waals surface area contributed by atoms with E-state index in [0.717, 1.165) is 16.2 Å². The number of hydrogen-bond donors (Lipinski definition) is 1. The van der Waals surface area contributed by atoms with Crippen LogP contribution in [0.3, 0.4) is 0 Å². The third-order valence-corrected chi connectivity index (χ3v) is 4.09. The molecule has 0 aliphatic heterocycles. The summed E-state index contributed by atoms with van der Waals surface area (Å²) >= 11 is 1.47. The number of fused-ring (bicyclic) bond motifs is 1. The first-order valence-electron chi connectivity index (χ1n) is 6.93. The van der Waals surface area contributed by atoms with Gasteiger partial charge < -0.3 is 0 Å². The van der Waals surface area contributed by atoms with Gasteiger partial charge >= 0.3 is 0 Å². The number of nitrogens with one attached hydrogen (secondary N) is 1. The van der Waals surface area contributed by atoms with E-state index in [1.807, 2.05) is 35.7 Å². The van der Waals surface area contributed by atoms with Crippen LogP contribution in [0.25, 0.3) is 16.2 Å². The number of amides is 1. The fraction of sp³-hybridized carbons (Fsp3) is 0. The van der Waals surface area contributed by atoms with Crippen LogP contribution >= 0.6 is 11.3 Å². The summed E-state index contributed by atoms with van der Waals surface area (Å²) in [5, 5.41) is 9.04. The Morgan fingerprint density at radius 3 is 2.70 bits per heavy atom. The van der Waals surface area contributed by atoms with Crippen LogP contribution < -0.4 is 5.32 Å². The van der Waals surface area contributed by atoms with Gasteiger partial charge in [0, 0.05) is 17.1 Å². The average molecular weight is 321 g/mol. The predicted molar refractivity (Wildman–Crippen MR) is 88.5 cm³/mol. The van der Waals surface area contributed by atoms with Crippen LogP contribution in [0.4, 0.5) is 5.95 Å². The van der Waals surface area contributed by atoms with E-state index in [0.29, 0.717) is 5.69 Å². The zero-order valence-electron chi connectivity index (χ0n) is 11.9. The van der Waals surface area contributed by atoms with Gasteiger partial charge in [-0.15, -0.1) is 16.4 Å². The summed E-state index contributed by atoms with van der Waals surface area (Å²) in [6, 6.07) is 15.1. The van der Waals surface area contributed by atoms with Crippen molar-refractivity contribution in [2.45, 2.75) is 0 Å². The Morgan fingerprint density at radius 1 is 1.09 bits per heavy atom. The van der Waals surface area contributed by atoms with Crippen LogP contribution in [0.1, 0.15) is 10.5 Å². The van der Waals surface area contributed by atoms with Crippen molar-refractivity contribution in [1.29, 1.82) is 0 Å². The van der Waals surface area contributed by atoms with Gasteiger partial charge in [-0.2, -0.15) is 4.98 Å². The van der Waals surface area contributed by atoms with Gasteiger partial charge in [-0.1, -0.05) is 36.4 Å². The average Bonchev–Trinajstić information content (AvgIpc) is 3.16. The molecule has 0 saturated heterocycles. The zero-order valence-corrected chi connectivity index (χ0v) is 12.7. The number of carbonyl (C=O) groups excluding carboxylic acids is 1. The van der Waals surface area contributed by atoms with E-state index in [9.17, 15) is 4.79 Å². The normalized spacial score (nSPS) is 10.8. The molecule has 4 rings (SSSR count). The first kappa shape index (κ1) is 13.6. The number of hydrogen-bond acceptors (Lipinski definition) is 5. The number of nitrogens with zero attached hydrogens (tertiary/aromatic N) is 4. The quantitative estimate of drug-likeness (QED) is 0.629. The molecule has 3 heterocycles. The molecule has 0 radical (unpaired) electrons. The highest BCUT2D eigenvalue weighted by Gasteiger charge is 2.14. The Balaban J connectivity index is 1.65. The van der Waals surface area contributed by atoms with Gasteiger partial charge in [0.25, 0.3) is 11.9 Å². The second-order valence-corrected chi connectivity index (χ2v) is 5.62. The lowest BCUT2D eigenvalue weighted by Gasteiger charge is -1.99.